The normalized spacial score (nSPS) is 14.9. The summed E-state index contributed by atoms with van der Waals surface area (Å²) in [6.07, 6.45) is 2.75. The molecule has 7 heteroatoms. The van der Waals surface area contributed by atoms with E-state index in [4.69, 9.17) is 0 Å². The Morgan fingerprint density at radius 3 is 2.48 bits per heavy atom. The fourth-order valence-corrected chi connectivity index (χ4v) is 2.89. The molecule has 1 heterocycles. The van der Waals surface area contributed by atoms with Crippen LogP contribution in [0.4, 0.5) is 0 Å². The first kappa shape index (κ1) is 17.7. The second-order valence-corrected chi connectivity index (χ2v) is 8.06. The van der Waals surface area contributed by atoms with Gasteiger partial charge in [0.25, 0.3) is 0 Å². The van der Waals surface area contributed by atoms with Gasteiger partial charge in [0, 0.05) is 6.54 Å². The Morgan fingerprint density at radius 1 is 1.30 bits per heavy atom. The Bertz CT molecular complexity index is 762. The molecule has 6 nitrogen and oxygen atoms in total. The maximum atomic E-state index is 12.3. The predicted molar refractivity (Wildman–Crippen MR) is 89.0 cm³/mol. The fourth-order valence-electron chi connectivity index (χ4n) is 1.81. The van der Waals surface area contributed by atoms with Gasteiger partial charge in [0.15, 0.2) is 0 Å². The highest BCUT2D eigenvalue weighted by Gasteiger charge is 2.28. The van der Waals surface area contributed by atoms with Crippen LogP contribution in [0.2, 0.25) is 0 Å². The molecule has 0 bridgehead atoms. The molecule has 1 atom stereocenters. The molecule has 0 saturated carbocycles. The van der Waals surface area contributed by atoms with Crippen molar-refractivity contribution >= 4 is 10.0 Å². The largest absolute Gasteiger partial charge is 0.389 e. The molecule has 0 aliphatic rings. The van der Waals surface area contributed by atoms with Crippen LogP contribution < -0.4 is 4.72 Å². The van der Waals surface area contributed by atoms with Gasteiger partial charge in [-0.25, -0.2) is 17.8 Å². The summed E-state index contributed by atoms with van der Waals surface area (Å²) in [5.74, 6) is -0.0690. The first-order valence-corrected chi connectivity index (χ1v) is 8.94. The minimum Gasteiger partial charge on any atom is -0.389 e. The van der Waals surface area contributed by atoms with E-state index in [0.717, 1.165) is 11.3 Å². The first-order chi connectivity index (χ1) is 10.6. The summed E-state index contributed by atoms with van der Waals surface area (Å²) in [6.45, 7) is 7.21. The third-order valence-electron chi connectivity index (χ3n) is 4.03. The SMILES string of the molecule is Cc1ccc(-n2cc(S(=O)(=O)NCC(C)(O)C(C)C)cn2)cc1. The van der Waals surface area contributed by atoms with Crippen molar-refractivity contribution < 1.29 is 13.5 Å². The van der Waals surface area contributed by atoms with E-state index >= 15 is 0 Å². The fraction of sp³-hybridized carbons (Fsp3) is 0.438. The van der Waals surface area contributed by atoms with Gasteiger partial charge in [-0.2, -0.15) is 5.10 Å². The van der Waals surface area contributed by atoms with E-state index in [1.807, 2.05) is 45.0 Å². The van der Waals surface area contributed by atoms with E-state index in [0.29, 0.717) is 0 Å². The van der Waals surface area contributed by atoms with Gasteiger partial charge in [-0.1, -0.05) is 31.5 Å². The van der Waals surface area contributed by atoms with E-state index in [-0.39, 0.29) is 17.4 Å². The van der Waals surface area contributed by atoms with Gasteiger partial charge in [0.05, 0.1) is 23.7 Å². The summed E-state index contributed by atoms with van der Waals surface area (Å²) in [4.78, 5) is 0.0673. The summed E-state index contributed by atoms with van der Waals surface area (Å²) in [6, 6.07) is 7.61. The first-order valence-electron chi connectivity index (χ1n) is 7.45. The molecule has 1 unspecified atom stereocenters. The van der Waals surface area contributed by atoms with Gasteiger partial charge >= 0.3 is 0 Å². The molecule has 0 aliphatic carbocycles. The molecule has 2 rings (SSSR count). The molecule has 1 aromatic carbocycles. The number of nitrogens with zero attached hydrogens (tertiary/aromatic N) is 2. The zero-order valence-electron chi connectivity index (χ0n) is 13.8. The molecule has 0 radical (unpaired) electrons. The lowest BCUT2D eigenvalue weighted by Gasteiger charge is -2.27. The van der Waals surface area contributed by atoms with Gasteiger partial charge in [-0.15, -0.1) is 0 Å². The van der Waals surface area contributed by atoms with Crippen LogP contribution in [0.1, 0.15) is 26.3 Å². The Labute approximate surface area is 137 Å². The maximum absolute atomic E-state index is 12.3. The van der Waals surface area contributed by atoms with Gasteiger partial charge in [-0.05, 0) is 31.9 Å². The van der Waals surface area contributed by atoms with E-state index in [1.165, 1.54) is 17.1 Å². The summed E-state index contributed by atoms with van der Waals surface area (Å²) >= 11 is 0. The van der Waals surface area contributed by atoms with Crippen molar-refractivity contribution in [3.05, 3.63) is 42.2 Å². The number of hydrogen-bond donors (Lipinski definition) is 2. The molecule has 0 fully saturated rings. The lowest BCUT2D eigenvalue weighted by molar-refractivity contribution is 0.0190. The van der Waals surface area contributed by atoms with Crippen LogP contribution in [-0.2, 0) is 10.0 Å². The average molecular weight is 337 g/mol. The molecule has 2 N–H and O–H groups in total. The van der Waals surface area contributed by atoms with E-state index in [1.54, 1.807) is 6.92 Å². The van der Waals surface area contributed by atoms with Crippen LogP contribution >= 0.6 is 0 Å². The second-order valence-electron chi connectivity index (χ2n) is 6.29. The predicted octanol–water partition coefficient (Wildman–Crippen LogP) is 1.87. The Kier molecular flexibility index (Phi) is 4.93. The lowest BCUT2D eigenvalue weighted by Crippen LogP contribution is -2.44. The quantitative estimate of drug-likeness (QED) is 0.843. The van der Waals surface area contributed by atoms with Crippen LogP contribution in [0.3, 0.4) is 0 Å². The van der Waals surface area contributed by atoms with Crippen molar-refractivity contribution in [2.75, 3.05) is 6.54 Å². The zero-order chi connectivity index (χ0) is 17.3. The molecular formula is C16H23N3O3S. The number of aromatic nitrogens is 2. The number of nitrogens with one attached hydrogen (secondary N) is 1. The van der Waals surface area contributed by atoms with Gasteiger partial charge < -0.3 is 5.11 Å². The maximum Gasteiger partial charge on any atom is 0.243 e. The van der Waals surface area contributed by atoms with Crippen molar-refractivity contribution in [1.82, 2.24) is 14.5 Å². The zero-order valence-corrected chi connectivity index (χ0v) is 14.6. The number of sulfonamides is 1. The minimum absolute atomic E-state index is 0.0529. The van der Waals surface area contributed by atoms with Crippen molar-refractivity contribution in [2.45, 2.75) is 38.2 Å². The summed E-state index contributed by atoms with van der Waals surface area (Å²) in [5.41, 5.74) is 0.789. The Balaban J connectivity index is 2.17. The average Bonchev–Trinajstić information content (AvgIpc) is 2.97. The number of aliphatic hydroxyl groups is 1. The smallest absolute Gasteiger partial charge is 0.243 e. The second kappa shape index (κ2) is 6.43. The monoisotopic (exact) mass is 337 g/mol. The summed E-state index contributed by atoms with van der Waals surface area (Å²) in [5, 5.41) is 14.3. The van der Waals surface area contributed by atoms with Crippen molar-refractivity contribution in [3.8, 4) is 5.69 Å². The summed E-state index contributed by atoms with van der Waals surface area (Å²) in [7, 11) is -3.72. The molecule has 23 heavy (non-hydrogen) atoms. The van der Waals surface area contributed by atoms with Crippen LogP contribution in [-0.4, -0.2) is 35.5 Å². The van der Waals surface area contributed by atoms with E-state index in [9.17, 15) is 13.5 Å². The Hall–Kier alpha value is -1.70. The van der Waals surface area contributed by atoms with E-state index in [2.05, 4.69) is 9.82 Å². The molecule has 0 aliphatic heterocycles. The highest BCUT2D eigenvalue weighted by molar-refractivity contribution is 7.89. The molecule has 0 spiro atoms. The molecule has 1 aromatic heterocycles. The van der Waals surface area contributed by atoms with Crippen LogP contribution in [0.15, 0.2) is 41.6 Å². The number of aryl methyl sites for hydroxylation is 1. The molecule has 0 saturated heterocycles. The van der Waals surface area contributed by atoms with Crippen LogP contribution in [0, 0.1) is 12.8 Å². The minimum atomic E-state index is -3.72. The van der Waals surface area contributed by atoms with Gasteiger partial charge in [-0.3, -0.25) is 0 Å². The molecular weight excluding hydrogens is 314 g/mol. The van der Waals surface area contributed by atoms with Crippen LogP contribution in [0.5, 0.6) is 0 Å². The van der Waals surface area contributed by atoms with Crippen molar-refractivity contribution in [3.63, 3.8) is 0 Å². The highest BCUT2D eigenvalue weighted by Crippen LogP contribution is 2.17. The topological polar surface area (TPSA) is 84.2 Å². The molecule has 2 aromatic rings. The summed E-state index contributed by atoms with van der Waals surface area (Å²) < 4.78 is 28.6. The van der Waals surface area contributed by atoms with Crippen LogP contribution in [0.25, 0.3) is 5.69 Å². The third kappa shape index (κ3) is 4.19. The van der Waals surface area contributed by atoms with Gasteiger partial charge in [0.2, 0.25) is 10.0 Å². The lowest BCUT2D eigenvalue weighted by atomic mass is 9.93. The number of rotatable bonds is 6. The Morgan fingerprint density at radius 2 is 1.91 bits per heavy atom. The van der Waals surface area contributed by atoms with E-state index < -0.39 is 15.6 Å². The third-order valence-corrected chi connectivity index (χ3v) is 5.39. The van der Waals surface area contributed by atoms with Crippen molar-refractivity contribution in [2.24, 2.45) is 5.92 Å². The van der Waals surface area contributed by atoms with Gasteiger partial charge in [0.1, 0.15) is 4.90 Å². The molecule has 126 valence electrons. The van der Waals surface area contributed by atoms with Crippen molar-refractivity contribution in [1.29, 1.82) is 0 Å². The number of hydrogen-bond acceptors (Lipinski definition) is 4. The standard InChI is InChI=1S/C16H23N3O3S/c1-12(2)16(4,20)11-18-23(21,22)15-9-17-19(10-15)14-7-5-13(3)6-8-14/h5-10,12,18,20H,11H2,1-4H3. The number of benzene rings is 1. The molecule has 0 amide bonds. The highest BCUT2D eigenvalue weighted by atomic mass is 32.2.